The number of benzene rings is 2. The largest absolute Gasteiger partial charge is 0.497 e. The number of rotatable bonds is 6. The topological polar surface area (TPSA) is 79.9 Å². The normalized spacial score (nSPS) is 10.8. The maximum atomic E-state index is 9.00. The van der Waals surface area contributed by atoms with Crippen molar-refractivity contribution < 1.29 is 9.84 Å². The number of ether oxygens (including phenoxy) is 1. The van der Waals surface area contributed by atoms with Crippen LogP contribution in [-0.2, 0) is 13.0 Å². The molecule has 0 fully saturated rings. The van der Waals surface area contributed by atoms with Gasteiger partial charge in [0.05, 0.1) is 13.7 Å². The van der Waals surface area contributed by atoms with Gasteiger partial charge < -0.3 is 20.9 Å². The summed E-state index contributed by atoms with van der Waals surface area (Å²) in [6.07, 6.45) is 0.798. The molecule has 0 saturated carbocycles. The van der Waals surface area contributed by atoms with Crippen molar-refractivity contribution in [1.29, 1.82) is 0 Å². The zero-order valence-electron chi connectivity index (χ0n) is 13.0. The Kier molecular flexibility index (Phi) is 8.42. The van der Waals surface area contributed by atoms with Gasteiger partial charge in [0.2, 0.25) is 0 Å². The lowest BCUT2D eigenvalue weighted by Crippen LogP contribution is -2.23. The van der Waals surface area contributed by atoms with Gasteiger partial charge in [-0.1, -0.05) is 30.3 Å². The molecule has 0 bridgehead atoms. The van der Waals surface area contributed by atoms with Crippen molar-refractivity contribution in [2.75, 3.05) is 19.0 Å². The SMILES string of the molecule is COc1cccc(NC(N)=NCCc2ccc(CO)cc2)c1.I. The molecule has 2 aromatic rings. The van der Waals surface area contributed by atoms with Crippen LogP contribution >= 0.6 is 24.0 Å². The molecular weight excluding hydrogens is 405 g/mol. The second-order valence-corrected chi connectivity index (χ2v) is 4.85. The van der Waals surface area contributed by atoms with Crippen molar-refractivity contribution in [2.24, 2.45) is 10.7 Å². The van der Waals surface area contributed by atoms with Crippen molar-refractivity contribution >= 4 is 35.6 Å². The number of nitrogens with one attached hydrogen (secondary N) is 1. The number of nitrogens with zero attached hydrogens (tertiary/aromatic N) is 1. The average molecular weight is 427 g/mol. The van der Waals surface area contributed by atoms with Gasteiger partial charge in [0.1, 0.15) is 5.75 Å². The van der Waals surface area contributed by atoms with Crippen LogP contribution in [-0.4, -0.2) is 24.7 Å². The molecule has 4 N–H and O–H groups in total. The minimum atomic E-state index is 0. The number of aliphatic hydroxyl groups excluding tert-OH is 1. The highest BCUT2D eigenvalue weighted by Crippen LogP contribution is 2.16. The third kappa shape index (κ3) is 6.45. The van der Waals surface area contributed by atoms with E-state index in [4.69, 9.17) is 15.6 Å². The second-order valence-electron chi connectivity index (χ2n) is 4.85. The van der Waals surface area contributed by atoms with Crippen LogP contribution in [0, 0.1) is 0 Å². The summed E-state index contributed by atoms with van der Waals surface area (Å²) in [5.41, 5.74) is 8.78. The quantitative estimate of drug-likeness (QED) is 0.376. The summed E-state index contributed by atoms with van der Waals surface area (Å²) in [5.74, 6) is 1.14. The molecule has 0 aliphatic carbocycles. The third-order valence-electron chi connectivity index (χ3n) is 3.23. The maximum absolute atomic E-state index is 9.00. The minimum absolute atomic E-state index is 0. The van der Waals surface area contributed by atoms with Crippen molar-refractivity contribution in [3.8, 4) is 5.75 Å². The fourth-order valence-corrected chi connectivity index (χ4v) is 2.01. The molecule has 23 heavy (non-hydrogen) atoms. The smallest absolute Gasteiger partial charge is 0.193 e. The number of aliphatic hydroxyl groups is 1. The van der Waals surface area contributed by atoms with Crippen LogP contribution in [0.2, 0.25) is 0 Å². The number of anilines is 1. The van der Waals surface area contributed by atoms with Gasteiger partial charge in [-0.05, 0) is 29.7 Å². The molecule has 0 aliphatic heterocycles. The summed E-state index contributed by atoms with van der Waals surface area (Å²) in [6, 6.07) is 15.3. The molecule has 0 aromatic heterocycles. The molecule has 0 saturated heterocycles. The molecule has 0 aliphatic rings. The fraction of sp³-hybridized carbons (Fsp3) is 0.235. The Hall–Kier alpha value is -1.80. The van der Waals surface area contributed by atoms with Crippen LogP contribution in [0.25, 0.3) is 0 Å². The number of hydrogen-bond donors (Lipinski definition) is 3. The molecule has 0 spiro atoms. The van der Waals surface area contributed by atoms with Crippen LogP contribution in [0.5, 0.6) is 5.75 Å². The van der Waals surface area contributed by atoms with Crippen LogP contribution in [0.15, 0.2) is 53.5 Å². The fourth-order valence-electron chi connectivity index (χ4n) is 2.01. The minimum Gasteiger partial charge on any atom is -0.497 e. The molecule has 0 radical (unpaired) electrons. The molecule has 0 atom stereocenters. The van der Waals surface area contributed by atoms with Gasteiger partial charge in [0.15, 0.2) is 5.96 Å². The van der Waals surface area contributed by atoms with Gasteiger partial charge in [0, 0.05) is 18.3 Å². The van der Waals surface area contributed by atoms with Gasteiger partial charge in [-0.2, -0.15) is 0 Å². The number of guanidine groups is 1. The van der Waals surface area contributed by atoms with Gasteiger partial charge in [-0.3, -0.25) is 4.99 Å². The Morgan fingerprint density at radius 3 is 2.52 bits per heavy atom. The molecule has 0 unspecified atom stereocenters. The van der Waals surface area contributed by atoms with E-state index >= 15 is 0 Å². The lowest BCUT2D eigenvalue weighted by atomic mass is 10.1. The van der Waals surface area contributed by atoms with Crippen LogP contribution < -0.4 is 15.8 Å². The predicted octanol–water partition coefficient (Wildman–Crippen LogP) is 2.77. The number of hydrogen-bond acceptors (Lipinski definition) is 3. The number of halogens is 1. The van der Waals surface area contributed by atoms with E-state index in [0.717, 1.165) is 29.0 Å². The van der Waals surface area contributed by atoms with Gasteiger partial charge >= 0.3 is 0 Å². The first-order valence-electron chi connectivity index (χ1n) is 7.11. The summed E-state index contributed by atoms with van der Waals surface area (Å²) in [7, 11) is 1.62. The molecular formula is C17H22IN3O2. The van der Waals surface area contributed by atoms with Crippen molar-refractivity contribution in [3.05, 3.63) is 59.7 Å². The standard InChI is InChI=1S/C17H21N3O2.HI/c1-22-16-4-2-3-15(11-16)20-17(18)19-10-9-13-5-7-14(12-21)8-6-13;/h2-8,11,21H,9-10,12H2,1H3,(H3,18,19,20);1H. The number of nitrogens with two attached hydrogens (primary N) is 1. The monoisotopic (exact) mass is 427 g/mol. The number of methoxy groups -OCH3 is 1. The Bertz CT molecular complexity index is 630. The van der Waals surface area contributed by atoms with E-state index in [1.54, 1.807) is 7.11 Å². The van der Waals surface area contributed by atoms with Crippen LogP contribution in [0.1, 0.15) is 11.1 Å². The Labute approximate surface area is 153 Å². The Balaban J connectivity index is 0.00000264. The molecule has 0 amide bonds. The van der Waals surface area contributed by atoms with Crippen molar-refractivity contribution in [1.82, 2.24) is 0 Å². The lowest BCUT2D eigenvalue weighted by Gasteiger charge is -2.07. The van der Waals surface area contributed by atoms with Gasteiger partial charge in [-0.15, -0.1) is 24.0 Å². The summed E-state index contributed by atoms with van der Waals surface area (Å²) in [5, 5.41) is 12.0. The number of aliphatic imine (C=N–C) groups is 1. The van der Waals surface area contributed by atoms with E-state index in [-0.39, 0.29) is 30.6 Å². The second kappa shape index (κ2) is 10.1. The van der Waals surface area contributed by atoms with E-state index in [1.807, 2.05) is 48.5 Å². The Morgan fingerprint density at radius 2 is 1.87 bits per heavy atom. The first-order valence-corrected chi connectivity index (χ1v) is 7.11. The molecule has 124 valence electrons. The van der Waals surface area contributed by atoms with Crippen molar-refractivity contribution in [2.45, 2.75) is 13.0 Å². The maximum Gasteiger partial charge on any atom is 0.193 e. The van der Waals surface area contributed by atoms with Gasteiger partial charge in [-0.25, -0.2) is 0 Å². The lowest BCUT2D eigenvalue weighted by molar-refractivity contribution is 0.282. The van der Waals surface area contributed by atoms with E-state index in [0.29, 0.717) is 12.5 Å². The van der Waals surface area contributed by atoms with E-state index < -0.39 is 0 Å². The van der Waals surface area contributed by atoms with Gasteiger partial charge in [0.25, 0.3) is 0 Å². The summed E-state index contributed by atoms with van der Waals surface area (Å²) < 4.78 is 5.16. The summed E-state index contributed by atoms with van der Waals surface area (Å²) in [4.78, 5) is 4.31. The summed E-state index contributed by atoms with van der Waals surface area (Å²) >= 11 is 0. The first kappa shape index (κ1) is 19.2. The average Bonchev–Trinajstić information content (AvgIpc) is 2.55. The highest BCUT2D eigenvalue weighted by atomic mass is 127. The highest BCUT2D eigenvalue weighted by molar-refractivity contribution is 14.0. The van der Waals surface area contributed by atoms with E-state index in [9.17, 15) is 0 Å². The first-order chi connectivity index (χ1) is 10.7. The summed E-state index contributed by atoms with van der Waals surface area (Å²) in [6.45, 7) is 0.664. The Morgan fingerprint density at radius 1 is 1.17 bits per heavy atom. The van der Waals surface area contributed by atoms with Crippen LogP contribution in [0.4, 0.5) is 5.69 Å². The molecule has 6 heteroatoms. The zero-order valence-corrected chi connectivity index (χ0v) is 15.4. The predicted molar refractivity (Wildman–Crippen MR) is 105 cm³/mol. The molecule has 2 rings (SSSR count). The van der Waals surface area contributed by atoms with Crippen molar-refractivity contribution in [3.63, 3.8) is 0 Å². The third-order valence-corrected chi connectivity index (χ3v) is 3.23. The highest BCUT2D eigenvalue weighted by Gasteiger charge is 1.98. The van der Waals surface area contributed by atoms with E-state index in [1.165, 1.54) is 0 Å². The molecule has 2 aromatic carbocycles. The van der Waals surface area contributed by atoms with E-state index in [2.05, 4.69) is 10.3 Å². The van der Waals surface area contributed by atoms with Crippen LogP contribution in [0.3, 0.4) is 0 Å². The molecule has 0 heterocycles. The zero-order chi connectivity index (χ0) is 15.8. The molecule has 5 nitrogen and oxygen atoms in total.